The maximum absolute atomic E-state index is 7.25. The van der Waals surface area contributed by atoms with Gasteiger partial charge in [-0.05, 0) is 0 Å². The van der Waals surface area contributed by atoms with Crippen LogP contribution in [0.15, 0.2) is 30.3 Å². The SMILES string of the molecule is N#[O+].[Re].c1cc[cH-]c1. The van der Waals surface area contributed by atoms with Crippen LogP contribution in [-0.4, -0.2) is 0 Å². The van der Waals surface area contributed by atoms with E-state index in [0.717, 1.165) is 0 Å². The quantitative estimate of drug-likeness (QED) is 0.522. The second kappa shape index (κ2) is 9.84. The van der Waals surface area contributed by atoms with Crippen LogP contribution < -0.4 is 0 Å². The van der Waals surface area contributed by atoms with E-state index in [1.165, 1.54) is 0 Å². The molecule has 0 unspecified atom stereocenters. The van der Waals surface area contributed by atoms with Crippen LogP contribution in [0.5, 0.6) is 0 Å². The molecule has 0 spiro atoms. The van der Waals surface area contributed by atoms with Gasteiger partial charge in [0.15, 0.2) is 0 Å². The van der Waals surface area contributed by atoms with Crippen molar-refractivity contribution in [2.45, 2.75) is 0 Å². The molecule has 0 amide bonds. The van der Waals surface area contributed by atoms with Gasteiger partial charge in [0, 0.05) is 20.4 Å². The first-order valence-corrected chi connectivity index (χ1v) is 1.85. The third-order valence-corrected chi connectivity index (χ3v) is 0.556. The van der Waals surface area contributed by atoms with E-state index in [9.17, 15) is 0 Å². The Bertz CT molecular complexity index is 96.0. The first-order chi connectivity index (χ1) is 3.50. The number of nitrogens with zero attached hydrogens (tertiary/aromatic N) is 1. The van der Waals surface area contributed by atoms with Gasteiger partial charge in [0.05, 0.1) is 0 Å². The first kappa shape index (κ1) is 10.6. The second-order valence-corrected chi connectivity index (χ2v) is 0.962. The molecule has 0 bridgehead atoms. The topological polar surface area (TPSA) is 43.7 Å². The van der Waals surface area contributed by atoms with E-state index in [4.69, 9.17) is 10.2 Å². The Labute approximate surface area is 61.4 Å². The molecular weight excluding hydrogens is 276 g/mol. The van der Waals surface area contributed by atoms with E-state index >= 15 is 0 Å². The van der Waals surface area contributed by atoms with Crippen molar-refractivity contribution in [1.29, 1.82) is 5.46 Å². The molecule has 1 rings (SSSR count). The molecule has 0 saturated heterocycles. The molecule has 0 atom stereocenters. The molecule has 8 heavy (non-hydrogen) atoms. The Morgan fingerprint density at radius 2 is 1.50 bits per heavy atom. The van der Waals surface area contributed by atoms with Crippen molar-refractivity contribution >= 4 is 0 Å². The molecule has 1 radical (unpaired) electrons. The predicted molar refractivity (Wildman–Crippen MR) is 24.4 cm³/mol. The smallest absolute Gasteiger partial charge is 0 e. The van der Waals surface area contributed by atoms with Crippen LogP contribution in [0.3, 0.4) is 0 Å². The summed E-state index contributed by atoms with van der Waals surface area (Å²) in [4.78, 5) is 0. The van der Waals surface area contributed by atoms with Crippen LogP contribution in [0.4, 0.5) is 0 Å². The van der Waals surface area contributed by atoms with E-state index in [1.807, 2.05) is 30.3 Å². The molecule has 2 nitrogen and oxygen atoms in total. The number of hydrogen-bond acceptors (Lipinski definition) is 1. The van der Waals surface area contributed by atoms with Crippen LogP contribution >= 0.6 is 0 Å². The summed E-state index contributed by atoms with van der Waals surface area (Å²) in [5, 5.41) is 0. The Morgan fingerprint density at radius 3 is 1.62 bits per heavy atom. The van der Waals surface area contributed by atoms with Gasteiger partial charge in [0.1, 0.15) is 0 Å². The maximum Gasteiger partial charge on any atom is 0 e. The fourth-order valence-corrected chi connectivity index (χ4v) is 0.321. The summed E-state index contributed by atoms with van der Waals surface area (Å²) < 4.78 is 7.25. The van der Waals surface area contributed by atoms with Gasteiger partial charge < -0.3 is 0 Å². The van der Waals surface area contributed by atoms with Gasteiger partial charge in [0.2, 0.25) is 0 Å². The monoisotopic (exact) mass is 282 g/mol. The number of hydrogen-bond donors (Lipinski definition) is 0. The molecular formula is C5H5NORe. The zero-order chi connectivity index (χ0) is 5.54. The van der Waals surface area contributed by atoms with Crippen molar-refractivity contribution in [3.8, 4) is 0 Å². The van der Waals surface area contributed by atoms with Crippen molar-refractivity contribution in [3.63, 3.8) is 0 Å². The molecule has 0 aliphatic heterocycles. The average molecular weight is 281 g/mol. The van der Waals surface area contributed by atoms with E-state index in [2.05, 4.69) is 0 Å². The first-order valence-electron chi connectivity index (χ1n) is 1.85. The van der Waals surface area contributed by atoms with Crippen molar-refractivity contribution < 1.29 is 25.2 Å². The Hall–Kier alpha value is -0.318. The predicted octanol–water partition coefficient (Wildman–Crippen LogP) is 1.30. The van der Waals surface area contributed by atoms with Gasteiger partial charge in [-0.25, -0.2) is 12.1 Å². The molecule has 0 N–H and O–H groups in total. The molecule has 1 aromatic carbocycles. The summed E-state index contributed by atoms with van der Waals surface area (Å²) >= 11 is 0. The third kappa shape index (κ3) is 5.68. The van der Waals surface area contributed by atoms with Crippen LogP contribution in [0.25, 0.3) is 0 Å². The van der Waals surface area contributed by atoms with Crippen molar-refractivity contribution in [3.05, 3.63) is 30.3 Å². The molecule has 0 fully saturated rings. The Balaban J connectivity index is 0. The zero-order valence-corrected chi connectivity index (χ0v) is 6.84. The molecule has 0 heterocycles. The molecule has 0 saturated carbocycles. The zero-order valence-electron chi connectivity index (χ0n) is 4.12. The number of rotatable bonds is 0. The minimum Gasteiger partial charge on any atom is -0.214 e. The minimum atomic E-state index is 0. The van der Waals surface area contributed by atoms with Gasteiger partial charge in [-0.1, -0.05) is 0 Å². The average Bonchev–Trinajstić information content (AvgIpc) is 2.23. The maximum atomic E-state index is 7.25. The van der Waals surface area contributed by atoms with Crippen LogP contribution in [-0.2, 0) is 25.2 Å². The van der Waals surface area contributed by atoms with Crippen LogP contribution in [0, 0.1) is 5.46 Å². The summed E-state index contributed by atoms with van der Waals surface area (Å²) in [5.74, 6) is 0. The van der Waals surface area contributed by atoms with Gasteiger partial charge in [-0.2, -0.15) is 18.2 Å². The summed E-state index contributed by atoms with van der Waals surface area (Å²) in [6, 6.07) is 10.0. The van der Waals surface area contributed by atoms with Crippen molar-refractivity contribution in [2.75, 3.05) is 0 Å². The summed E-state index contributed by atoms with van der Waals surface area (Å²) in [7, 11) is 0. The van der Waals surface area contributed by atoms with E-state index in [0.29, 0.717) is 0 Å². The second-order valence-electron chi connectivity index (χ2n) is 0.962. The molecule has 0 aliphatic rings. The summed E-state index contributed by atoms with van der Waals surface area (Å²) in [6.45, 7) is 0. The summed E-state index contributed by atoms with van der Waals surface area (Å²) in [6.07, 6.45) is 0. The van der Waals surface area contributed by atoms with Crippen LogP contribution in [0.2, 0.25) is 0 Å². The van der Waals surface area contributed by atoms with E-state index < -0.39 is 0 Å². The standard InChI is InChI=1S/C5H5.NO.Re/c1-2-4-5-3-1;1-2;/h1-5H;;/q-1;+1;. The Kier molecular flexibility index (Phi) is 13.1. The van der Waals surface area contributed by atoms with E-state index in [-0.39, 0.29) is 20.4 Å². The van der Waals surface area contributed by atoms with Gasteiger partial charge in [0.25, 0.3) is 0 Å². The normalized spacial score (nSPS) is 5.25. The fourth-order valence-electron chi connectivity index (χ4n) is 0.321. The fraction of sp³-hybridized carbons (Fsp3) is 0. The van der Waals surface area contributed by atoms with Crippen LogP contribution in [0.1, 0.15) is 0 Å². The largest absolute Gasteiger partial charge is 0.214 e. The van der Waals surface area contributed by atoms with Crippen molar-refractivity contribution in [2.24, 2.45) is 0 Å². The minimum absolute atomic E-state index is 0. The van der Waals surface area contributed by atoms with Gasteiger partial charge in [-0.3, -0.25) is 0 Å². The Morgan fingerprint density at radius 1 is 1.12 bits per heavy atom. The molecule has 43 valence electrons. The summed E-state index contributed by atoms with van der Waals surface area (Å²) in [5.41, 5.74) is 5.75. The molecule has 1 aromatic rings. The van der Waals surface area contributed by atoms with Crippen molar-refractivity contribution in [1.82, 2.24) is 0 Å². The molecule has 0 aromatic heterocycles. The van der Waals surface area contributed by atoms with Gasteiger partial charge >= 0.3 is 10.2 Å². The van der Waals surface area contributed by atoms with Gasteiger partial charge in [-0.15, -0.1) is 0 Å². The van der Waals surface area contributed by atoms with E-state index in [1.54, 1.807) is 0 Å². The third-order valence-electron chi connectivity index (χ3n) is 0.556. The molecule has 3 heteroatoms. The molecule has 0 aliphatic carbocycles.